The predicted molar refractivity (Wildman–Crippen MR) is 115 cm³/mol. The van der Waals surface area contributed by atoms with Gasteiger partial charge in [-0.2, -0.15) is 0 Å². The fourth-order valence-electron chi connectivity index (χ4n) is 3.50. The minimum absolute atomic E-state index is 0.0342. The van der Waals surface area contributed by atoms with Gasteiger partial charge in [0.2, 0.25) is 0 Å². The zero-order chi connectivity index (χ0) is 21.1. The normalized spacial score (nSPS) is 10.6. The molecule has 0 atom stereocenters. The van der Waals surface area contributed by atoms with Gasteiger partial charge in [-0.05, 0) is 35.9 Å². The van der Waals surface area contributed by atoms with Gasteiger partial charge in [-0.15, -0.1) is 0 Å². The SMILES string of the molecule is COc1ccc(-n2c(-c3ccccc3)cc(C=O)c2-c2cccc([N+](=O)[O-])c2)cc1. The Morgan fingerprint density at radius 1 is 0.900 bits per heavy atom. The Hall–Kier alpha value is -4.19. The highest BCUT2D eigenvalue weighted by atomic mass is 16.6. The van der Waals surface area contributed by atoms with E-state index in [0.29, 0.717) is 22.6 Å². The summed E-state index contributed by atoms with van der Waals surface area (Å²) in [5.74, 6) is 0.708. The number of non-ortho nitro benzene ring substituents is 1. The second kappa shape index (κ2) is 8.05. The molecule has 0 saturated carbocycles. The smallest absolute Gasteiger partial charge is 0.270 e. The minimum atomic E-state index is -0.442. The predicted octanol–water partition coefficient (Wildman–Crippen LogP) is 5.54. The average molecular weight is 398 g/mol. The first kappa shape index (κ1) is 19.1. The van der Waals surface area contributed by atoms with E-state index in [1.165, 1.54) is 12.1 Å². The topological polar surface area (TPSA) is 74.4 Å². The molecular formula is C24H18N2O4. The lowest BCUT2D eigenvalue weighted by atomic mass is 10.1. The summed E-state index contributed by atoms with van der Waals surface area (Å²) >= 11 is 0. The quantitative estimate of drug-likeness (QED) is 0.243. The van der Waals surface area contributed by atoms with Crippen LogP contribution in [0, 0.1) is 10.1 Å². The fourth-order valence-corrected chi connectivity index (χ4v) is 3.50. The second-order valence-electron chi connectivity index (χ2n) is 6.66. The molecule has 0 aliphatic heterocycles. The Morgan fingerprint density at radius 2 is 1.60 bits per heavy atom. The van der Waals surface area contributed by atoms with Crippen LogP contribution in [0.2, 0.25) is 0 Å². The molecule has 0 saturated heterocycles. The van der Waals surface area contributed by atoms with Gasteiger partial charge >= 0.3 is 0 Å². The third-order valence-corrected chi connectivity index (χ3v) is 4.89. The van der Waals surface area contributed by atoms with Gasteiger partial charge in [0.15, 0.2) is 6.29 Å². The van der Waals surface area contributed by atoms with Crippen LogP contribution in [0.15, 0.2) is 84.9 Å². The molecule has 0 amide bonds. The van der Waals surface area contributed by atoms with E-state index in [9.17, 15) is 14.9 Å². The van der Waals surface area contributed by atoms with E-state index in [1.54, 1.807) is 25.3 Å². The number of nitro benzene ring substituents is 1. The Morgan fingerprint density at radius 3 is 2.23 bits per heavy atom. The lowest BCUT2D eigenvalue weighted by Gasteiger charge is -2.15. The van der Waals surface area contributed by atoms with Crippen LogP contribution in [-0.2, 0) is 0 Å². The van der Waals surface area contributed by atoms with Crippen molar-refractivity contribution in [2.24, 2.45) is 0 Å². The summed E-state index contributed by atoms with van der Waals surface area (Å²) < 4.78 is 7.20. The first-order valence-corrected chi connectivity index (χ1v) is 9.28. The van der Waals surface area contributed by atoms with E-state index in [2.05, 4.69) is 0 Å². The summed E-state index contributed by atoms with van der Waals surface area (Å²) in [4.78, 5) is 22.8. The van der Waals surface area contributed by atoms with Crippen molar-refractivity contribution in [3.05, 3.63) is 101 Å². The molecule has 4 aromatic rings. The third-order valence-electron chi connectivity index (χ3n) is 4.89. The molecule has 1 heterocycles. The van der Waals surface area contributed by atoms with Crippen LogP contribution in [-0.4, -0.2) is 22.9 Å². The van der Waals surface area contributed by atoms with Crippen molar-refractivity contribution in [3.8, 4) is 34.0 Å². The summed E-state index contributed by atoms with van der Waals surface area (Å²) in [6, 6.07) is 25.3. The molecule has 0 aliphatic rings. The van der Waals surface area contributed by atoms with Crippen molar-refractivity contribution in [1.82, 2.24) is 4.57 Å². The van der Waals surface area contributed by atoms with Gasteiger partial charge < -0.3 is 9.30 Å². The van der Waals surface area contributed by atoms with Crippen LogP contribution in [0.3, 0.4) is 0 Å². The molecule has 0 bridgehead atoms. The van der Waals surface area contributed by atoms with Crippen LogP contribution >= 0.6 is 0 Å². The lowest BCUT2D eigenvalue weighted by molar-refractivity contribution is -0.384. The van der Waals surface area contributed by atoms with Crippen LogP contribution in [0.1, 0.15) is 10.4 Å². The largest absolute Gasteiger partial charge is 0.497 e. The van der Waals surface area contributed by atoms with Crippen LogP contribution < -0.4 is 4.74 Å². The van der Waals surface area contributed by atoms with Crippen molar-refractivity contribution >= 4 is 12.0 Å². The van der Waals surface area contributed by atoms with E-state index in [-0.39, 0.29) is 5.69 Å². The van der Waals surface area contributed by atoms with Crippen molar-refractivity contribution < 1.29 is 14.5 Å². The molecular weight excluding hydrogens is 380 g/mol. The molecule has 6 heteroatoms. The zero-order valence-corrected chi connectivity index (χ0v) is 16.2. The summed E-state index contributed by atoms with van der Waals surface area (Å²) in [5, 5.41) is 11.3. The number of methoxy groups -OCH3 is 1. The van der Waals surface area contributed by atoms with Gasteiger partial charge in [-0.1, -0.05) is 42.5 Å². The van der Waals surface area contributed by atoms with E-state index >= 15 is 0 Å². The van der Waals surface area contributed by atoms with Crippen molar-refractivity contribution in [2.75, 3.05) is 7.11 Å². The summed E-state index contributed by atoms with van der Waals surface area (Å²) in [6.07, 6.45) is 0.778. The molecule has 0 aliphatic carbocycles. The van der Waals surface area contributed by atoms with Crippen LogP contribution in [0.5, 0.6) is 5.75 Å². The maximum Gasteiger partial charge on any atom is 0.270 e. The number of aromatic nitrogens is 1. The Balaban J connectivity index is 2.03. The molecule has 0 N–H and O–H groups in total. The van der Waals surface area contributed by atoms with Crippen LogP contribution in [0.25, 0.3) is 28.2 Å². The van der Waals surface area contributed by atoms with Gasteiger partial charge in [0.1, 0.15) is 5.75 Å². The Labute approximate surface area is 173 Å². The fraction of sp³-hybridized carbons (Fsp3) is 0.0417. The number of hydrogen-bond donors (Lipinski definition) is 0. The van der Waals surface area contributed by atoms with Gasteiger partial charge in [0, 0.05) is 28.9 Å². The number of nitro groups is 1. The average Bonchev–Trinajstić information content (AvgIpc) is 3.19. The number of ether oxygens (including phenoxy) is 1. The summed E-state index contributed by atoms with van der Waals surface area (Å²) in [5.41, 5.74) is 4.14. The molecule has 0 radical (unpaired) electrons. The van der Waals surface area contributed by atoms with E-state index in [0.717, 1.165) is 23.2 Å². The van der Waals surface area contributed by atoms with Gasteiger partial charge in [-0.25, -0.2) is 0 Å². The maximum absolute atomic E-state index is 12.0. The van der Waals surface area contributed by atoms with Gasteiger partial charge in [0.05, 0.1) is 23.4 Å². The second-order valence-corrected chi connectivity index (χ2v) is 6.66. The third kappa shape index (κ3) is 3.46. The molecule has 30 heavy (non-hydrogen) atoms. The number of benzene rings is 3. The highest BCUT2D eigenvalue weighted by molar-refractivity contribution is 5.91. The molecule has 0 fully saturated rings. The molecule has 4 rings (SSSR count). The number of carbonyl (C=O) groups excluding carboxylic acids is 1. The standard InChI is InChI=1S/C24H18N2O4/c1-30-22-12-10-20(11-13-22)25-23(17-6-3-2-4-7-17)15-19(16-27)24(25)18-8-5-9-21(14-18)26(28)29/h2-16H,1H3. The molecule has 148 valence electrons. The number of nitrogens with zero attached hydrogens (tertiary/aromatic N) is 2. The van der Waals surface area contributed by atoms with E-state index in [1.807, 2.05) is 59.2 Å². The number of carbonyl (C=O) groups is 1. The van der Waals surface area contributed by atoms with Gasteiger partial charge in [0.25, 0.3) is 5.69 Å². The van der Waals surface area contributed by atoms with Crippen LogP contribution in [0.4, 0.5) is 5.69 Å². The Bertz CT molecular complexity index is 1210. The monoisotopic (exact) mass is 398 g/mol. The van der Waals surface area contributed by atoms with E-state index < -0.39 is 4.92 Å². The first-order chi connectivity index (χ1) is 14.6. The Kier molecular flexibility index (Phi) is 5.13. The van der Waals surface area contributed by atoms with Gasteiger partial charge in [-0.3, -0.25) is 14.9 Å². The van der Waals surface area contributed by atoms with Crippen molar-refractivity contribution in [3.63, 3.8) is 0 Å². The maximum atomic E-state index is 12.0. The molecule has 0 unspecified atom stereocenters. The van der Waals surface area contributed by atoms with Crippen molar-refractivity contribution in [2.45, 2.75) is 0 Å². The van der Waals surface area contributed by atoms with E-state index in [4.69, 9.17) is 4.74 Å². The highest BCUT2D eigenvalue weighted by Crippen LogP contribution is 2.36. The zero-order valence-electron chi connectivity index (χ0n) is 16.2. The first-order valence-electron chi connectivity index (χ1n) is 9.28. The number of rotatable bonds is 6. The summed E-state index contributed by atoms with van der Waals surface area (Å²) in [7, 11) is 1.60. The highest BCUT2D eigenvalue weighted by Gasteiger charge is 2.20. The lowest BCUT2D eigenvalue weighted by Crippen LogP contribution is -2.01. The minimum Gasteiger partial charge on any atom is -0.497 e. The molecule has 1 aromatic heterocycles. The number of aldehydes is 1. The molecule has 0 spiro atoms. The molecule has 6 nitrogen and oxygen atoms in total. The molecule has 3 aromatic carbocycles. The van der Waals surface area contributed by atoms with Crippen molar-refractivity contribution in [1.29, 1.82) is 0 Å². The summed E-state index contributed by atoms with van der Waals surface area (Å²) in [6.45, 7) is 0. The number of hydrogen-bond acceptors (Lipinski definition) is 4.